The van der Waals surface area contributed by atoms with Gasteiger partial charge in [-0.3, -0.25) is 14.4 Å². The van der Waals surface area contributed by atoms with Crippen molar-refractivity contribution in [3.8, 4) is 0 Å². The molecular weight excluding hydrogens is 394 g/mol. The topological polar surface area (TPSA) is 153 Å². The summed E-state index contributed by atoms with van der Waals surface area (Å²) in [7, 11) is 0. The van der Waals surface area contributed by atoms with Crippen LogP contribution in [0.15, 0.2) is 24.3 Å². The highest BCUT2D eigenvalue weighted by molar-refractivity contribution is 6.02. The summed E-state index contributed by atoms with van der Waals surface area (Å²) >= 11 is 0. The number of unbranched alkanes of at least 4 members (excludes halogenated alkanes) is 1. The van der Waals surface area contributed by atoms with Crippen LogP contribution >= 0.6 is 0 Å². The summed E-state index contributed by atoms with van der Waals surface area (Å²) in [5, 5.41) is 5.62. The number of hydrogen-bond acceptors (Lipinski definition) is 6. The van der Waals surface area contributed by atoms with Gasteiger partial charge in [-0.2, -0.15) is 0 Å². The Bertz CT molecular complexity index is 718. The van der Waals surface area contributed by atoms with Crippen LogP contribution < -0.4 is 27.8 Å². The highest BCUT2D eigenvalue weighted by Gasteiger charge is 2.29. The fraction of sp³-hybridized carbons (Fsp3) is 0.609. The molecule has 0 fully saturated rings. The van der Waals surface area contributed by atoms with Crippen LogP contribution in [0.25, 0.3) is 0 Å². The maximum atomic E-state index is 13.1. The van der Waals surface area contributed by atoms with Gasteiger partial charge in [-0.15, -0.1) is 0 Å². The molecule has 8 heteroatoms. The van der Waals surface area contributed by atoms with Crippen LogP contribution in [0, 0.1) is 11.8 Å². The molecule has 8 N–H and O–H groups in total. The second-order valence-electron chi connectivity index (χ2n) is 8.79. The Morgan fingerprint density at radius 1 is 0.903 bits per heavy atom. The molecule has 3 atom stereocenters. The van der Waals surface area contributed by atoms with E-state index in [1.54, 1.807) is 24.3 Å². The zero-order valence-electron chi connectivity index (χ0n) is 19.2. The smallest absolute Gasteiger partial charge is 0.243 e. The Kier molecular flexibility index (Phi) is 11.2. The minimum atomic E-state index is -0.770. The van der Waals surface area contributed by atoms with Gasteiger partial charge < -0.3 is 27.8 Å². The van der Waals surface area contributed by atoms with Crippen molar-refractivity contribution in [3.63, 3.8) is 0 Å². The molecule has 1 aromatic carbocycles. The Morgan fingerprint density at radius 2 is 1.48 bits per heavy atom. The molecule has 1 aromatic rings. The third-order valence-electron chi connectivity index (χ3n) is 5.14. The standard InChI is InChI=1S/C23H39N5O3/c1-14(2)13-19(28-23(31)20(26)15(3)4)22(30)27-18(7-5-6-12-24)21(29)16-8-10-17(25)11-9-16/h8-11,14-15,18-20H,5-7,12-13,24-26H2,1-4H3,(H,27,30)(H,28,31)/t18-,19-,20+/m0/s1. The molecule has 0 aliphatic rings. The number of nitrogens with one attached hydrogen (secondary N) is 2. The predicted octanol–water partition coefficient (Wildman–Crippen LogP) is 1.58. The van der Waals surface area contributed by atoms with Crippen molar-refractivity contribution in [1.82, 2.24) is 10.6 Å². The maximum Gasteiger partial charge on any atom is 0.243 e. The van der Waals surface area contributed by atoms with Crippen LogP contribution in [-0.2, 0) is 9.59 Å². The number of nitrogen functional groups attached to an aromatic ring is 1. The van der Waals surface area contributed by atoms with Gasteiger partial charge in [0.05, 0.1) is 12.1 Å². The number of Topliss-reactive ketones (excluding diaryl/α,β-unsaturated/α-hetero) is 1. The van der Waals surface area contributed by atoms with Gasteiger partial charge in [0.15, 0.2) is 5.78 Å². The van der Waals surface area contributed by atoms with E-state index in [2.05, 4.69) is 10.6 Å². The van der Waals surface area contributed by atoms with E-state index in [-0.39, 0.29) is 29.4 Å². The normalized spacial score (nSPS) is 14.2. The molecule has 174 valence electrons. The van der Waals surface area contributed by atoms with E-state index < -0.39 is 18.1 Å². The van der Waals surface area contributed by atoms with Crippen LogP contribution in [0.4, 0.5) is 5.69 Å². The highest BCUT2D eigenvalue weighted by Crippen LogP contribution is 2.13. The average molecular weight is 434 g/mol. The molecule has 0 aromatic heterocycles. The average Bonchev–Trinajstić information content (AvgIpc) is 2.71. The second-order valence-corrected chi connectivity index (χ2v) is 8.79. The largest absolute Gasteiger partial charge is 0.399 e. The van der Waals surface area contributed by atoms with Crippen LogP contribution in [-0.4, -0.2) is 42.3 Å². The Balaban J connectivity index is 3.00. The van der Waals surface area contributed by atoms with Crippen molar-refractivity contribution < 1.29 is 14.4 Å². The monoisotopic (exact) mass is 433 g/mol. The highest BCUT2D eigenvalue weighted by atomic mass is 16.2. The van der Waals surface area contributed by atoms with Crippen LogP contribution in [0.5, 0.6) is 0 Å². The van der Waals surface area contributed by atoms with Crippen LogP contribution in [0.2, 0.25) is 0 Å². The van der Waals surface area contributed by atoms with Crippen LogP contribution in [0.3, 0.4) is 0 Å². The van der Waals surface area contributed by atoms with E-state index in [1.165, 1.54) is 0 Å². The number of anilines is 1. The molecule has 0 radical (unpaired) electrons. The van der Waals surface area contributed by atoms with E-state index in [0.717, 1.165) is 6.42 Å². The zero-order chi connectivity index (χ0) is 23.6. The molecule has 0 aliphatic carbocycles. The second kappa shape index (κ2) is 13.1. The summed E-state index contributed by atoms with van der Waals surface area (Å²) in [5.41, 5.74) is 18.3. The molecule has 0 saturated heterocycles. The Hall–Kier alpha value is -2.45. The van der Waals surface area contributed by atoms with Crippen molar-refractivity contribution >= 4 is 23.3 Å². The number of benzene rings is 1. The summed E-state index contributed by atoms with van der Waals surface area (Å²) < 4.78 is 0. The molecule has 0 saturated carbocycles. The number of carbonyl (C=O) groups excluding carboxylic acids is 3. The van der Waals surface area contributed by atoms with Crippen molar-refractivity contribution in [1.29, 1.82) is 0 Å². The number of hydrogen-bond donors (Lipinski definition) is 5. The molecule has 0 heterocycles. The lowest BCUT2D eigenvalue weighted by Gasteiger charge is -2.26. The molecule has 2 amide bonds. The molecule has 8 nitrogen and oxygen atoms in total. The minimum Gasteiger partial charge on any atom is -0.399 e. The summed E-state index contributed by atoms with van der Waals surface area (Å²) in [5.74, 6) is -0.854. The quantitative estimate of drug-likeness (QED) is 0.181. The lowest BCUT2D eigenvalue weighted by molar-refractivity contribution is -0.130. The third kappa shape index (κ3) is 9.06. The molecule has 31 heavy (non-hydrogen) atoms. The number of rotatable bonds is 13. The fourth-order valence-corrected chi connectivity index (χ4v) is 3.16. The van der Waals surface area contributed by atoms with E-state index in [9.17, 15) is 14.4 Å². The minimum absolute atomic E-state index is 0.0566. The molecule has 0 unspecified atom stereocenters. The number of amides is 2. The molecule has 0 bridgehead atoms. The summed E-state index contributed by atoms with van der Waals surface area (Å²) in [4.78, 5) is 38.6. The van der Waals surface area contributed by atoms with Crippen molar-refractivity contribution in [2.75, 3.05) is 12.3 Å². The first-order valence-corrected chi connectivity index (χ1v) is 11.0. The molecule has 0 aliphatic heterocycles. The lowest BCUT2D eigenvalue weighted by atomic mass is 9.97. The van der Waals surface area contributed by atoms with Gasteiger partial charge in [0.1, 0.15) is 6.04 Å². The van der Waals surface area contributed by atoms with Crippen LogP contribution in [0.1, 0.15) is 63.7 Å². The van der Waals surface area contributed by atoms with Gasteiger partial charge in [-0.25, -0.2) is 0 Å². The van der Waals surface area contributed by atoms with Gasteiger partial charge in [-0.05, 0) is 68.3 Å². The first-order chi connectivity index (χ1) is 14.6. The Labute approximate surface area is 185 Å². The van der Waals surface area contributed by atoms with E-state index in [1.807, 2.05) is 27.7 Å². The van der Waals surface area contributed by atoms with Gasteiger partial charge in [0, 0.05) is 11.3 Å². The van der Waals surface area contributed by atoms with E-state index in [0.29, 0.717) is 37.1 Å². The Morgan fingerprint density at radius 3 is 2.00 bits per heavy atom. The van der Waals surface area contributed by atoms with Gasteiger partial charge in [0.25, 0.3) is 0 Å². The van der Waals surface area contributed by atoms with E-state index >= 15 is 0 Å². The number of carbonyl (C=O) groups is 3. The first-order valence-electron chi connectivity index (χ1n) is 11.0. The third-order valence-corrected chi connectivity index (χ3v) is 5.14. The van der Waals surface area contributed by atoms with Crippen molar-refractivity contribution in [2.45, 2.75) is 71.5 Å². The lowest BCUT2D eigenvalue weighted by Crippen LogP contribution is -2.55. The fourth-order valence-electron chi connectivity index (χ4n) is 3.16. The predicted molar refractivity (Wildman–Crippen MR) is 124 cm³/mol. The van der Waals surface area contributed by atoms with Gasteiger partial charge >= 0.3 is 0 Å². The summed E-state index contributed by atoms with van der Waals surface area (Å²) in [6.45, 7) is 8.14. The zero-order valence-corrected chi connectivity index (χ0v) is 19.2. The van der Waals surface area contributed by atoms with Gasteiger partial charge in [0.2, 0.25) is 11.8 Å². The maximum absolute atomic E-state index is 13.1. The molecular formula is C23H39N5O3. The first kappa shape index (κ1) is 26.6. The van der Waals surface area contributed by atoms with Crippen molar-refractivity contribution in [2.24, 2.45) is 23.3 Å². The van der Waals surface area contributed by atoms with E-state index in [4.69, 9.17) is 17.2 Å². The molecule has 0 spiro atoms. The summed E-state index contributed by atoms with van der Waals surface area (Å²) in [6.07, 6.45) is 2.34. The van der Waals surface area contributed by atoms with Crippen molar-refractivity contribution in [3.05, 3.63) is 29.8 Å². The molecule has 1 rings (SSSR count). The summed E-state index contributed by atoms with van der Waals surface area (Å²) in [6, 6.07) is 4.41. The number of nitrogens with two attached hydrogens (primary N) is 3. The van der Waals surface area contributed by atoms with Gasteiger partial charge in [-0.1, -0.05) is 27.7 Å². The number of ketones is 1. The SMILES string of the molecule is CC(C)C[C@H](NC(=O)[C@H](N)C(C)C)C(=O)N[C@@H](CCCCN)C(=O)c1ccc(N)cc1.